The second kappa shape index (κ2) is 9.05. The van der Waals surface area contributed by atoms with Crippen LogP contribution in [0, 0.1) is 23.5 Å². The Labute approximate surface area is 205 Å². The number of carbonyl (C=O) groups is 1. The maximum Gasteiger partial charge on any atom is 0.246 e. The normalized spacial score (nSPS) is 17.5. The summed E-state index contributed by atoms with van der Waals surface area (Å²) in [6.07, 6.45) is 4.77. The molecule has 4 aromatic rings. The number of ether oxygens (including phenoxy) is 1. The van der Waals surface area contributed by atoms with Crippen LogP contribution in [0.3, 0.4) is 0 Å². The Morgan fingerprint density at radius 2 is 2.17 bits per heavy atom. The SMILES string of the molecule is C=CC(=O)N1C[C@@H](n2nc(C#Cc3c(F)cc4c(ccn4C)c3F)c3c(N)ncnc32)C[C@@H]1COC. The van der Waals surface area contributed by atoms with Crippen molar-refractivity contribution in [2.24, 2.45) is 7.05 Å². The van der Waals surface area contributed by atoms with Crippen LogP contribution >= 0.6 is 0 Å². The molecular weight excluding hydrogens is 468 g/mol. The highest BCUT2D eigenvalue weighted by atomic mass is 19.1. The molecule has 5 rings (SSSR count). The minimum absolute atomic E-state index is 0.139. The number of likely N-dealkylation sites (tertiary alicyclic amines) is 1. The van der Waals surface area contributed by atoms with Gasteiger partial charge in [0.05, 0.1) is 35.2 Å². The molecule has 4 heterocycles. The lowest BCUT2D eigenvalue weighted by Gasteiger charge is -2.22. The van der Waals surface area contributed by atoms with E-state index in [-0.39, 0.29) is 40.5 Å². The number of nitrogens with two attached hydrogens (primary N) is 1. The second-order valence-electron chi connectivity index (χ2n) is 8.60. The summed E-state index contributed by atoms with van der Waals surface area (Å²) >= 11 is 0. The van der Waals surface area contributed by atoms with Gasteiger partial charge in [-0.25, -0.2) is 23.4 Å². The number of aryl methyl sites for hydroxylation is 1. The van der Waals surface area contributed by atoms with Crippen LogP contribution in [0.25, 0.3) is 21.9 Å². The van der Waals surface area contributed by atoms with Gasteiger partial charge in [-0.2, -0.15) is 5.10 Å². The fourth-order valence-electron chi connectivity index (χ4n) is 4.72. The van der Waals surface area contributed by atoms with E-state index in [4.69, 9.17) is 10.5 Å². The molecular formula is C25H23F2N7O2. The highest BCUT2D eigenvalue weighted by Gasteiger charge is 2.37. The molecule has 0 aliphatic carbocycles. The third-order valence-electron chi connectivity index (χ3n) is 6.46. The molecule has 0 radical (unpaired) electrons. The molecule has 2 atom stereocenters. The number of hydrogen-bond acceptors (Lipinski definition) is 6. The summed E-state index contributed by atoms with van der Waals surface area (Å²) in [6.45, 7) is 4.27. The van der Waals surface area contributed by atoms with E-state index in [9.17, 15) is 9.18 Å². The fourth-order valence-corrected chi connectivity index (χ4v) is 4.72. The molecule has 9 nitrogen and oxygen atoms in total. The number of methoxy groups -OCH3 is 1. The van der Waals surface area contributed by atoms with E-state index in [0.717, 1.165) is 0 Å². The van der Waals surface area contributed by atoms with E-state index in [1.165, 1.54) is 18.5 Å². The van der Waals surface area contributed by atoms with Gasteiger partial charge in [-0.1, -0.05) is 12.5 Å². The van der Waals surface area contributed by atoms with Gasteiger partial charge in [0.15, 0.2) is 11.5 Å². The number of rotatable bonds is 4. The lowest BCUT2D eigenvalue weighted by molar-refractivity contribution is -0.127. The first-order valence-corrected chi connectivity index (χ1v) is 11.2. The summed E-state index contributed by atoms with van der Waals surface area (Å²) in [5, 5.41) is 5.24. The lowest BCUT2D eigenvalue weighted by atomic mass is 10.1. The number of halogens is 2. The number of aromatic nitrogens is 5. The standard InChI is InChI=1S/C25H23F2N7O2/c1-4-21(35)33-11-14(9-15(33)12-36-3)34-25-22(24(28)29-13-30-25)19(31-34)6-5-16-18(26)10-20-17(23(16)27)7-8-32(20)2/h4,7-8,10,13-15H,1,9,11-12H2,2-3H3,(H2,28,29,30)/t14-,15+/m0/s1. The van der Waals surface area contributed by atoms with Crippen molar-refractivity contribution in [1.29, 1.82) is 0 Å². The molecule has 0 unspecified atom stereocenters. The number of hydrogen-bond donors (Lipinski definition) is 1. The van der Waals surface area contributed by atoms with Gasteiger partial charge in [-0.3, -0.25) is 4.79 Å². The Morgan fingerprint density at radius 3 is 2.92 bits per heavy atom. The van der Waals surface area contributed by atoms with Crippen molar-refractivity contribution in [2.75, 3.05) is 26.0 Å². The molecule has 2 N–H and O–H groups in total. The topological polar surface area (TPSA) is 104 Å². The summed E-state index contributed by atoms with van der Waals surface area (Å²) in [5.41, 5.74) is 6.79. The third-order valence-corrected chi connectivity index (χ3v) is 6.46. The third kappa shape index (κ3) is 3.76. The van der Waals surface area contributed by atoms with Crippen molar-refractivity contribution < 1.29 is 18.3 Å². The Kier molecular flexibility index (Phi) is 5.89. The molecule has 184 valence electrons. The summed E-state index contributed by atoms with van der Waals surface area (Å²) in [4.78, 5) is 22.4. The minimum Gasteiger partial charge on any atom is -0.383 e. The second-order valence-corrected chi connectivity index (χ2v) is 8.60. The number of fused-ring (bicyclic) bond motifs is 2. The van der Waals surface area contributed by atoms with Gasteiger partial charge in [-0.15, -0.1) is 0 Å². The van der Waals surface area contributed by atoms with Crippen molar-refractivity contribution in [2.45, 2.75) is 18.5 Å². The number of amides is 1. The van der Waals surface area contributed by atoms with Crippen LogP contribution in [0.1, 0.15) is 23.7 Å². The van der Waals surface area contributed by atoms with E-state index in [1.807, 2.05) is 0 Å². The van der Waals surface area contributed by atoms with Gasteiger partial charge < -0.3 is 19.9 Å². The van der Waals surface area contributed by atoms with Crippen LogP contribution in [-0.2, 0) is 16.6 Å². The Morgan fingerprint density at radius 1 is 1.36 bits per heavy atom. The predicted octanol–water partition coefficient (Wildman–Crippen LogP) is 2.55. The van der Waals surface area contributed by atoms with Crippen molar-refractivity contribution in [1.82, 2.24) is 29.2 Å². The zero-order valence-electron chi connectivity index (χ0n) is 19.7. The molecule has 1 aliphatic heterocycles. The molecule has 1 aromatic carbocycles. The predicted molar refractivity (Wildman–Crippen MR) is 130 cm³/mol. The molecule has 1 aliphatic rings. The molecule has 36 heavy (non-hydrogen) atoms. The number of benzene rings is 1. The van der Waals surface area contributed by atoms with Gasteiger partial charge in [-0.05, 0) is 30.6 Å². The quantitative estimate of drug-likeness (QED) is 0.348. The first kappa shape index (κ1) is 23.4. The van der Waals surface area contributed by atoms with Gasteiger partial charge in [0.1, 0.15) is 23.7 Å². The maximum absolute atomic E-state index is 15.1. The summed E-state index contributed by atoms with van der Waals surface area (Å²) in [5.74, 6) is 3.76. The van der Waals surface area contributed by atoms with Crippen LogP contribution < -0.4 is 5.73 Å². The summed E-state index contributed by atoms with van der Waals surface area (Å²) < 4.78 is 38.4. The zero-order chi connectivity index (χ0) is 25.6. The lowest BCUT2D eigenvalue weighted by Crippen LogP contribution is -2.37. The largest absolute Gasteiger partial charge is 0.383 e. The van der Waals surface area contributed by atoms with E-state index in [2.05, 4.69) is 33.5 Å². The van der Waals surface area contributed by atoms with Crippen LogP contribution in [0.2, 0.25) is 0 Å². The summed E-state index contributed by atoms with van der Waals surface area (Å²) in [7, 11) is 3.28. The average molecular weight is 492 g/mol. The highest BCUT2D eigenvalue weighted by Crippen LogP contribution is 2.32. The molecule has 3 aromatic heterocycles. The summed E-state index contributed by atoms with van der Waals surface area (Å²) in [6, 6.07) is 2.38. The van der Waals surface area contributed by atoms with Crippen LogP contribution in [0.4, 0.5) is 14.6 Å². The molecule has 0 spiro atoms. The van der Waals surface area contributed by atoms with Crippen LogP contribution in [0.5, 0.6) is 0 Å². The van der Waals surface area contributed by atoms with E-state index < -0.39 is 11.6 Å². The molecule has 0 saturated carbocycles. The van der Waals surface area contributed by atoms with Gasteiger partial charge >= 0.3 is 0 Å². The van der Waals surface area contributed by atoms with Crippen molar-refractivity contribution >= 4 is 33.7 Å². The molecule has 0 bridgehead atoms. The first-order chi connectivity index (χ1) is 17.3. The van der Waals surface area contributed by atoms with E-state index in [0.29, 0.717) is 36.1 Å². The maximum atomic E-state index is 15.1. The zero-order valence-corrected chi connectivity index (χ0v) is 19.7. The van der Waals surface area contributed by atoms with Gasteiger partial charge in [0, 0.05) is 32.3 Å². The number of anilines is 1. The van der Waals surface area contributed by atoms with Crippen molar-refractivity contribution in [3.63, 3.8) is 0 Å². The minimum atomic E-state index is -0.779. The highest BCUT2D eigenvalue weighted by molar-refractivity contribution is 5.91. The molecule has 11 heteroatoms. The number of carbonyl (C=O) groups excluding carboxylic acids is 1. The molecule has 1 amide bonds. The Bertz CT molecular complexity index is 1580. The first-order valence-electron chi connectivity index (χ1n) is 11.2. The molecule has 1 saturated heterocycles. The Balaban J connectivity index is 1.59. The molecule has 1 fully saturated rings. The van der Waals surface area contributed by atoms with Gasteiger partial charge in [0.25, 0.3) is 0 Å². The Hall–Kier alpha value is -4.30. The van der Waals surface area contributed by atoms with E-state index in [1.54, 1.807) is 40.6 Å². The van der Waals surface area contributed by atoms with Crippen LogP contribution in [0.15, 0.2) is 37.3 Å². The average Bonchev–Trinajstić information content (AvgIpc) is 3.55. The van der Waals surface area contributed by atoms with Crippen molar-refractivity contribution in [3.8, 4) is 11.8 Å². The van der Waals surface area contributed by atoms with E-state index >= 15 is 4.39 Å². The van der Waals surface area contributed by atoms with Crippen molar-refractivity contribution in [3.05, 3.63) is 60.2 Å². The van der Waals surface area contributed by atoms with Crippen LogP contribution in [-0.4, -0.2) is 61.4 Å². The number of nitrogen functional groups attached to an aromatic ring is 1. The monoisotopic (exact) mass is 491 g/mol. The number of nitrogens with zero attached hydrogens (tertiary/aromatic N) is 6. The van der Waals surface area contributed by atoms with Gasteiger partial charge in [0.2, 0.25) is 5.91 Å². The smallest absolute Gasteiger partial charge is 0.246 e. The fraction of sp³-hybridized carbons (Fsp3) is 0.280.